The molecule has 0 spiro atoms. The Morgan fingerprint density at radius 1 is 1.11 bits per heavy atom. The van der Waals surface area contributed by atoms with Crippen molar-refractivity contribution < 1.29 is 24.2 Å². The van der Waals surface area contributed by atoms with E-state index in [2.05, 4.69) is 16.4 Å². The number of nitrogens with zero attached hydrogens (tertiary/aromatic N) is 1. The second kappa shape index (κ2) is 7.59. The van der Waals surface area contributed by atoms with Gasteiger partial charge in [-0.15, -0.1) is 0 Å². The van der Waals surface area contributed by atoms with Gasteiger partial charge in [-0.3, -0.25) is 14.6 Å². The van der Waals surface area contributed by atoms with Crippen LogP contribution in [0.2, 0.25) is 0 Å². The molecule has 2 N–H and O–H groups in total. The Labute approximate surface area is 162 Å². The first-order chi connectivity index (χ1) is 13.5. The van der Waals surface area contributed by atoms with Crippen molar-refractivity contribution in [2.24, 2.45) is 0 Å². The lowest BCUT2D eigenvalue weighted by molar-refractivity contribution is -0.139. The van der Waals surface area contributed by atoms with Crippen molar-refractivity contribution in [1.29, 1.82) is 0 Å². The number of benzene rings is 1. The highest BCUT2D eigenvalue weighted by Crippen LogP contribution is 2.31. The van der Waals surface area contributed by atoms with E-state index in [1.807, 2.05) is 12.1 Å². The standard InChI is InChI=1S/C21H22N2O5/c24-19(25)11-21(4-7-27-8-5-21)23-20(26)17-10-16(12-22-13-17)14-1-2-18-15(9-14)3-6-28-18/h1-2,9-10,12-13H,3-8,11H2,(H,23,26)(H,24,25). The number of hydrogen-bond acceptors (Lipinski definition) is 5. The van der Waals surface area contributed by atoms with Crippen LogP contribution < -0.4 is 10.1 Å². The summed E-state index contributed by atoms with van der Waals surface area (Å²) in [4.78, 5) is 28.4. The van der Waals surface area contributed by atoms with Gasteiger partial charge in [0.15, 0.2) is 0 Å². The first-order valence-corrected chi connectivity index (χ1v) is 9.38. The van der Waals surface area contributed by atoms with Crippen molar-refractivity contribution in [3.63, 3.8) is 0 Å². The average Bonchev–Trinajstić information content (AvgIpc) is 3.16. The number of carboxylic acid groups (broad SMARTS) is 1. The number of ether oxygens (including phenoxy) is 2. The molecular formula is C21H22N2O5. The van der Waals surface area contributed by atoms with Crippen LogP contribution in [0, 0.1) is 0 Å². The molecule has 7 nitrogen and oxygen atoms in total. The van der Waals surface area contributed by atoms with Gasteiger partial charge in [0.1, 0.15) is 5.75 Å². The van der Waals surface area contributed by atoms with Crippen LogP contribution in [0.4, 0.5) is 0 Å². The quantitative estimate of drug-likeness (QED) is 0.824. The van der Waals surface area contributed by atoms with Crippen LogP contribution in [0.15, 0.2) is 36.7 Å². The lowest BCUT2D eigenvalue weighted by Gasteiger charge is -2.36. The molecule has 2 aliphatic rings. The molecule has 3 heterocycles. The minimum atomic E-state index is -0.936. The summed E-state index contributed by atoms with van der Waals surface area (Å²) in [6.45, 7) is 1.56. The van der Waals surface area contributed by atoms with Gasteiger partial charge < -0.3 is 19.9 Å². The van der Waals surface area contributed by atoms with E-state index in [-0.39, 0.29) is 12.3 Å². The molecule has 1 aromatic heterocycles. The number of aliphatic carboxylic acids is 1. The molecule has 0 atom stereocenters. The zero-order valence-corrected chi connectivity index (χ0v) is 15.4. The number of carbonyl (C=O) groups is 2. The number of hydrogen-bond donors (Lipinski definition) is 2. The van der Waals surface area contributed by atoms with Gasteiger partial charge in [-0.05, 0) is 42.2 Å². The molecule has 7 heteroatoms. The third-order valence-electron chi connectivity index (χ3n) is 5.34. The van der Waals surface area contributed by atoms with E-state index in [9.17, 15) is 14.7 Å². The molecule has 28 heavy (non-hydrogen) atoms. The number of pyridine rings is 1. The number of nitrogens with one attached hydrogen (secondary N) is 1. The van der Waals surface area contributed by atoms with Crippen LogP contribution in [0.1, 0.15) is 35.2 Å². The second-order valence-corrected chi connectivity index (χ2v) is 7.30. The molecule has 2 aliphatic heterocycles. The maximum absolute atomic E-state index is 12.9. The zero-order valence-electron chi connectivity index (χ0n) is 15.4. The summed E-state index contributed by atoms with van der Waals surface area (Å²) < 4.78 is 10.9. The largest absolute Gasteiger partial charge is 0.493 e. The summed E-state index contributed by atoms with van der Waals surface area (Å²) in [5, 5.41) is 12.2. The van der Waals surface area contributed by atoms with Crippen LogP contribution in [0.25, 0.3) is 11.1 Å². The van der Waals surface area contributed by atoms with Gasteiger partial charge in [0.05, 0.1) is 24.1 Å². The average molecular weight is 382 g/mol. The number of aromatic nitrogens is 1. The van der Waals surface area contributed by atoms with Gasteiger partial charge in [0, 0.05) is 37.6 Å². The first-order valence-electron chi connectivity index (χ1n) is 9.38. The maximum atomic E-state index is 12.9. The van der Waals surface area contributed by atoms with Gasteiger partial charge in [0.25, 0.3) is 5.91 Å². The SMILES string of the molecule is O=C(O)CC1(NC(=O)c2cncc(-c3ccc4c(c3)CCO4)c2)CCOCC1. The highest BCUT2D eigenvalue weighted by Gasteiger charge is 2.36. The fraction of sp³-hybridized carbons (Fsp3) is 0.381. The molecule has 1 fully saturated rings. The van der Waals surface area contributed by atoms with E-state index in [0.29, 0.717) is 38.2 Å². The summed E-state index contributed by atoms with van der Waals surface area (Å²) in [7, 11) is 0. The lowest BCUT2D eigenvalue weighted by atomic mass is 9.86. The van der Waals surface area contributed by atoms with Crippen molar-refractivity contribution >= 4 is 11.9 Å². The fourth-order valence-corrected chi connectivity index (χ4v) is 3.80. The minimum absolute atomic E-state index is 0.125. The fourth-order valence-electron chi connectivity index (χ4n) is 3.80. The second-order valence-electron chi connectivity index (χ2n) is 7.30. The highest BCUT2D eigenvalue weighted by molar-refractivity contribution is 5.95. The highest BCUT2D eigenvalue weighted by atomic mass is 16.5. The minimum Gasteiger partial charge on any atom is -0.493 e. The molecule has 0 saturated carbocycles. The molecule has 0 unspecified atom stereocenters. The van der Waals surface area contributed by atoms with E-state index in [0.717, 1.165) is 28.9 Å². The monoisotopic (exact) mass is 382 g/mol. The van der Waals surface area contributed by atoms with E-state index in [1.165, 1.54) is 6.20 Å². The van der Waals surface area contributed by atoms with Crippen LogP contribution >= 0.6 is 0 Å². The van der Waals surface area contributed by atoms with Gasteiger partial charge in [-0.25, -0.2) is 0 Å². The number of carbonyl (C=O) groups excluding carboxylic acids is 1. The molecule has 1 saturated heterocycles. The Morgan fingerprint density at radius 2 is 1.93 bits per heavy atom. The number of fused-ring (bicyclic) bond motifs is 1. The molecule has 0 aliphatic carbocycles. The smallest absolute Gasteiger partial charge is 0.305 e. The molecule has 146 valence electrons. The Balaban J connectivity index is 1.56. The van der Waals surface area contributed by atoms with E-state index in [1.54, 1.807) is 12.3 Å². The van der Waals surface area contributed by atoms with Gasteiger partial charge >= 0.3 is 5.97 Å². The summed E-state index contributed by atoms with van der Waals surface area (Å²) in [5.74, 6) is -0.350. The van der Waals surface area contributed by atoms with Crippen molar-refractivity contribution in [3.05, 3.63) is 47.8 Å². The molecule has 4 rings (SSSR count). The van der Waals surface area contributed by atoms with Crippen molar-refractivity contribution in [3.8, 4) is 16.9 Å². The van der Waals surface area contributed by atoms with Crippen LogP contribution in [0.3, 0.4) is 0 Å². The molecule has 0 radical (unpaired) electrons. The third kappa shape index (κ3) is 3.84. The van der Waals surface area contributed by atoms with Crippen molar-refractivity contribution in [1.82, 2.24) is 10.3 Å². The van der Waals surface area contributed by atoms with Crippen molar-refractivity contribution in [2.45, 2.75) is 31.2 Å². The Bertz CT molecular complexity index is 905. The van der Waals surface area contributed by atoms with Crippen LogP contribution in [0.5, 0.6) is 5.75 Å². The predicted octanol–water partition coefficient (Wildman–Crippen LogP) is 2.44. The Hall–Kier alpha value is -2.93. The number of amides is 1. The first kappa shape index (κ1) is 18.4. The molecule has 0 bridgehead atoms. The van der Waals surface area contributed by atoms with E-state index < -0.39 is 11.5 Å². The van der Waals surface area contributed by atoms with Crippen LogP contribution in [-0.2, 0) is 16.0 Å². The molecule has 1 aromatic carbocycles. The topological polar surface area (TPSA) is 97.8 Å². The molecular weight excluding hydrogens is 360 g/mol. The summed E-state index contributed by atoms with van der Waals surface area (Å²) in [6.07, 6.45) is 4.92. The Kier molecular flexibility index (Phi) is 5.00. The van der Waals surface area contributed by atoms with Gasteiger partial charge in [-0.1, -0.05) is 6.07 Å². The van der Waals surface area contributed by atoms with Gasteiger partial charge in [-0.2, -0.15) is 0 Å². The predicted molar refractivity (Wildman–Crippen MR) is 101 cm³/mol. The van der Waals surface area contributed by atoms with Gasteiger partial charge in [0.2, 0.25) is 0 Å². The lowest BCUT2D eigenvalue weighted by Crippen LogP contribution is -2.53. The van der Waals surface area contributed by atoms with E-state index >= 15 is 0 Å². The number of carboxylic acids is 1. The molecule has 1 amide bonds. The zero-order chi connectivity index (χ0) is 19.6. The molecule has 2 aromatic rings. The normalized spacial score (nSPS) is 17.4. The van der Waals surface area contributed by atoms with E-state index in [4.69, 9.17) is 9.47 Å². The van der Waals surface area contributed by atoms with Crippen LogP contribution in [-0.4, -0.2) is 47.3 Å². The summed E-state index contributed by atoms with van der Waals surface area (Å²) in [6, 6.07) is 7.74. The maximum Gasteiger partial charge on any atom is 0.305 e. The van der Waals surface area contributed by atoms with Crippen molar-refractivity contribution in [2.75, 3.05) is 19.8 Å². The third-order valence-corrected chi connectivity index (χ3v) is 5.34. The summed E-state index contributed by atoms with van der Waals surface area (Å²) >= 11 is 0. The Morgan fingerprint density at radius 3 is 2.71 bits per heavy atom. The number of rotatable bonds is 5. The summed E-state index contributed by atoms with van der Waals surface area (Å²) in [5.41, 5.74) is 2.57.